The maximum Gasteiger partial charge on any atom is 0.162 e. The van der Waals surface area contributed by atoms with E-state index >= 15 is 0 Å². The van der Waals surface area contributed by atoms with Crippen LogP contribution < -0.4 is 5.32 Å². The molecular formula is C17H18BrF2N. The van der Waals surface area contributed by atoms with E-state index in [2.05, 4.69) is 21.2 Å². The molecule has 1 atom stereocenters. The zero-order valence-corrected chi connectivity index (χ0v) is 13.5. The topological polar surface area (TPSA) is 12.0 Å². The highest BCUT2D eigenvalue weighted by Crippen LogP contribution is 2.25. The van der Waals surface area contributed by atoms with Gasteiger partial charge in [0, 0.05) is 16.9 Å². The highest BCUT2D eigenvalue weighted by Gasteiger charge is 2.16. The van der Waals surface area contributed by atoms with Crippen LogP contribution in [0.3, 0.4) is 0 Å². The molecule has 0 heterocycles. The fourth-order valence-corrected chi connectivity index (χ4v) is 2.78. The molecule has 4 heteroatoms. The van der Waals surface area contributed by atoms with Gasteiger partial charge in [-0.2, -0.15) is 0 Å². The molecule has 0 bridgehead atoms. The Morgan fingerprint density at radius 2 is 1.90 bits per heavy atom. The second-order valence-corrected chi connectivity index (χ2v) is 5.89. The number of benzene rings is 2. The molecule has 0 spiro atoms. The van der Waals surface area contributed by atoms with Gasteiger partial charge in [0.25, 0.3) is 0 Å². The molecule has 112 valence electrons. The average Bonchev–Trinajstić information content (AvgIpc) is 2.47. The largest absolute Gasteiger partial charge is 0.316 e. The third-order valence-electron chi connectivity index (χ3n) is 3.46. The Labute approximate surface area is 132 Å². The van der Waals surface area contributed by atoms with E-state index in [1.54, 1.807) is 12.1 Å². The van der Waals surface area contributed by atoms with Crippen LogP contribution in [0.15, 0.2) is 46.9 Å². The molecule has 0 aliphatic rings. The van der Waals surface area contributed by atoms with Crippen LogP contribution in [-0.4, -0.2) is 13.1 Å². The van der Waals surface area contributed by atoms with E-state index < -0.39 is 11.6 Å². The first kappa shape index (κ1) is 16.1. The van der Waals surface area contributed by atoms with E-state index in [-0.39, 0.29) is 5.92 Å². The van der Waals surface area contributed by atoms with Gasteiger partial charge in [0.2, 0.25) is 0 Å². The third kappa shape index (κ3) is 4.35. The molecule has 0 amide bonds. The highest BCUT2D eigenvalue weighted by molar-refractivity contribution is 9.10. The summed E-state index contributed by atoms with van der Waals surface area (Å²) in [6.07, 6.45) is 0.465. The van der Waals surface area contributed by atoms with Crippen molar-refractivity contribution in [1.29, 1.82) is 0 Å². The maximum absolute atomic E-state index is 13.9. The predicted molar refractivity (Wildman–Crippen MR) is 85.5 cm³/mol. The Balaban J connectivity index is 2.26. The monoisotopic (exact) mass is 353 g/mol. The first-order valence-electron chi connectivity index (χ1n) is 7.01. The van der Waals surface area contributed by atoms with Crippen LogP contribution in [0.2, 0.25) is 0 Å². The van der Waals surface area contributed by atoms with Gasteiger partial charge in [0.15, 0.2) is 11.6 Å². The van der Waals surface area contributed by atoms with Crippen LogP contribution >= 0.6 is 15.9 Å². The molecule has 2 aromatic rings. The zero-order chi connectivity index (χ0) is 15.2. The van der Waals surface area contributed by atoms with Crippen LogP contribution in [0.1, 0.15) is 24.0 Å². The molecule has 0 saturated heterocycles. The normalized spacial score (nSPS) is 12.4. The van der Waals surface area contributed by atoms with Gasteiger partial charge in [-0.15, -0.1) is 0 Å². The van der Waals surface area contributed by atoms with Crippen molar-refractivity contribution in [1.82, 2.24) is 5.32 Å². The molecule has 0 aliphatic carbocycles. The molecule has 0 saturated carbocycles. The Morgan fingerprint density at radius 1 is 1.14 bits per heavy atom. The summed E-state index contributed by atoms with van der Waals surface area (Å²) in [5.41, 5.74) is 1.52. The maximum atomic E-state index is 13.9. The van der Waals surface area contributed by atoms with Gasteiger partial charge < -0.3 is 5.32 Å². The van der Waals surface area contributed by atoms with Crippen LogP contribution in [0, 0.1) is 11.6 Å². The van der Waals surface area contributed by atoms with Crippen molar-refractivity contribution in [2.75, 3.05) is 13.1 Å². The van der Waals surface area contributed by atoms with Crippen LogP contribution in [0.4, 0.5) is 8.78 Å². The fourth-order valence-electron chi connectivity index (χ4n) is 2.36. The summed E-state index contributed by atoms with van der Waals surface area (Å²) in [5, 5.41) is 3.29. The molecule has 1 nitrogen and oxygen atoms in total. The number of nitrogens with one attached hydrogen (secondary N) is 1. The van der Waals surface area contributed by atoms with Crippen molar-refractivity contribution in [3.8, 4) is 0 Å². The van der Waals surface area contributed by atoms with Crippen molar-refractivity contribution >= 4 is 15.9 Å². The molecule has 0 fully saturated rings. The van der Waals surface area contributed by atoms with E-state index in [9.17, 15) is 8.78 Å². The standard InChI is InChI=1S/C17H18BrF2N/c1-2-21-11-14(12-5-3-7-15(18)10-12)9-13-6-4-8-16(19)17(13)20/h3-8,10,14,21H,2,9,11H2,1H3. The van der Waals surface area contributed by atoms with Crippen molar-refractivity contribution in [3.63, 3.8) is 0 Å². The van der Waals surface area contributed by atoms with E-state index in [0.717, 1.165) is 29.2 Å². The zero-order valence-electron chi connectivity index (χ0n) is 11.9. The SMILES string of the molecule is CCNCC(Cc1cccc(F)c1F)c1cccc(Br)c1. The van der Waals surface area contributed by atoms with Gasteiger partial charge >= 0.3 is 0 Å². The molecule has 0 radical (unpaired) electrons. The number of hydrogen-bond donors (Lipinski definition) is 1. The highest BCUT2D eigenvalue weighted by atomic mass is 79.9. The molecular weight excluding hydrogens is 336 g/mol. The lowest BCUT2D eigenvalue weighted by Crippen LogP contribution is -2.23. The van der Waals surface area contributed by atoms with Crippen molar-refractivity contribution < 1.29 is 8.78 Å². The average molecular weight is 354 g/mol. The summed E-state index contributed by atoms with van der Waals surface area (Å²) in [6.45, 7) is 3.60. The number of hydrogen-bond acceptors (Lipinski definition) is 1. The molecule has 2 aromatic carbocycles. The Bertz CT molecular complexity index is 601. The molecule has 0 aliphatic heterocycles. The second-order valence-electron chi connectivity index (χ2n) is 4.98. The quantitative estimate of drug-likeness (QED) is 0.795. The summed E-state index contributed by atoms with van der Waals surface area (Å²) in [5.74, 6) is -1.43. The number of halogens is 3. The van der Waals surface area contributed by atoms with E-state index in [1.807, 2.05) is 31.2 Å². The Hall–Kier alpha value is -1.26. The van der Waals surface area contributed by atoms with Crippen molar-refractivity contribution in [2.45, 2.75) is 19.3 Å². The minimum atomic E-state index is -0.788. The summed E-state index contributed by atoms with van der Waals surface area (Å²) >= 11 is 3.46. The third-order valence-corrected chi connectivity index (χ3v) is 3.95. The van der Waals surface area contributed by atoms with Crippen LogP contribution in [-0.2, 0) is 6.42 Å². The lowest BCUT2D eigenvalue weighted by atomic mass is 9.91. The summed E-state index contributed by atoms with van der Waals surface area (Å²) in [6, 6.07) is 12.3. The molecule has 0 aromatic heterocycles. The van der Waals surface area contributed by atoms with Crippen molar-refractivity contribution in [3.05, 3.63) is 69.7 Å². The Morgan fingerprint density at radius 3 is 2.62 bits per heavy atom. The molecule has 1 unspecified atom stereocenters. The van der Waals surface area contributed by atoms with Gasteiger partial charge in [-0.05, 0) is 42.3 Å². The lowest BCUT2D eigenvalue weighted by molar-refractivity contribution is 0.490. The van der Waals surface area contributed by atoms with Gasteiger partial charge in [-0.3, -0.25) is 0 Å². The first-order valence-corrected chi connectivity index (χ1v) is 7.80. The van der Waals surface area contributed by atoms with Gasteiger partial charge in [-0.25, -0.2) is 8.78 Å². The minimum absolute atomic E-state index is 0.0961. The van der Waals surface area contributed by atoms with E-state index in [1.165, 1.54) is 0 Å². The summed E-state index contributed by atoms with van der Waals surface area (Å²) in [4.78, 5) is 0. The first-order chi connectivity index (χ1) is 10.1. The van der Waals surface area contributed by atoms with Gasteiger partial charge in [0.05, 0.1) is 0 Å². The van der Waals surface area contributed by atoms with Crippen molar-refractivity contribution in [2.24, 2.45) is 0 Å². The van der Waals surface area contributed by atoms with Gasteiger partial charge in [-0.1, -0.05) is 47.1 Å². The lowest BCUT2D eigenvalue weighted by Gasteiger charge is -2.19. The number of likely N-dealkylation sites (N-methyl/N-ethyl adjacent to an activating group) is 1. The molecule has 2 rings (SSSR count). The molecule has 1 N–H and O–H groups in total. The van der Waals surface area contributed by atoms with Gasteiger partial charge in [0.1, 0.15) is 0 Å². The second kappa shape index (κ2) is 7.66. The summed E-state index contributed by atoms with van der Waals surface area (Å²) in [7, 11) is 0. The van der Waals surface area contributed by atoms with Crippen LogP contribution in [0.5, 0.6) is 0 Å². The smallest absolute Gasteiger partial charge is 0.162 e. The van der Waals surface area contributed by atoms with E-state index in [4.69, 9.17) is 0 Å². The summed E-state index contributed by atoms with van der Waals surface area (Å²) < 4.78 is 28.2. The van der Waals surface area contributed by atoms with Crippen LogP contribution in [0.25, 0.3) is 0 Å². The minimum Gasteiger partial charge on any atom is -0.316 e. The Kier molecular flexibility index (Phi) is 5.88. The number of rotatable bonds is 6. The predicted octanol–water partition coefficient (Wildman–Crippen LogP) is 4.66. The fraction of sp³-hybridized carbons (Fsp3) is 0.294. The van der Waals surface area contributed by atoms with E-state index in [0.29, 0.717) is 12.0 Å². The molecule has 21 heavy (non-hydrogen) atoms.